The minimum Gasteiger partial charge on any atom is -0.353 e. The van der Waals surface area contributed by atoms with Crippen molar-refractivity contribution in [2.24, 2.45) is 0 Å². The maximum absolute atomic E-state index is 12.2. The normalized spacial score (nSPS) is 19.0. The summed E-state index contributed by atoms with van der Waals surface area (Å²) >= 11 is 0. The van der Waals surface area contributed by atoms with Crippen molar-refractivity contribution in [2.45, 2.75) is 51.1 Å². The molecule has 0 radical (unpaired) electrons. The van der Waals surface area contributed by atoms with E-state index in [1.807, 2.05) is 24.9 Å². The van der Waals surface area contributed by atoms with Gasteiger partial charge in [0.05, 0.1) is 5.69 Å². The summed E-state index contributed by atoms with van der Waals surface area (Å²) in [6, 6.07) is 1.71. The number of anilines is 1. The van der Waals surface area contributed by atoms with E-state index in [-0.39, 0.29) is 23.4 Å². The van der Waals surface area contributed by atoms with Crippen LogP contribution >= 0.6 is 0 Å². The highest BCUT2D eigenvalue weighted by molar-refractivity contribution is 5.76. The van der Waals surface area contributed by atoms with Crippen LogP contribution in [0.5, 0.6) is 0 Å². The summed E-state index contributed by atoms with van der Waals surface area (Å²) in [7, 11) is 3.69. The molecule has 26 heavy (non-hydrogen) atoms. The van der Waals surface area contributed by atoms with Crippen LogP contribution in [0.25, 0.3) is 0 Å². The number of carbonyl (C=O) groups is 1. The molecule has 3 rings (SSSR count). The fraction of sp³-hybridized carbons (Fsp3) is 0.556. The van der Waals surface area contributed by atoms with Crippen molar-refractivity contribution < 1.29 is 4.79 Å². The number of amides is 1. The van der Waals surface area contributed by atoms with Crippen LogP contribution in [0.3, 0.4) is 0 Å². The van der Waals surface area contributed by atoms with Crippen molar-refractivity contribution in [3.05, 3.63) is 40.3 Å². The second kappa shape index (κ2) is 7.72. The smallest absolute Gasteiger partial charge is 0.252 e. The molecule has 1 aliphatic rings. The monoisotopic (exact) mass is 358 g/mol. The Morgan fingerprint density at radius 2 is 2.19 bits per heavy atom. The van der Waals surface area contributed by atoms with Gasteiger partial charge in [0.25, 0.3) is 5.56 Å². The summed E-state index contributed by atoms with van der Waals surface area (Å²) < 4.78 is 2.02. The highest BCUT2D eigenvalue weighted by atomic mass is 16.1. The van der Waals surface area contributed by atoms with Gasteiger partial charge in [-0.25, -0.2) is 9.97 Å². The number of H-pyrrole nitrogens is 1. The van der Waals surface area contributed by atoms with Crippen LogP contribution in [-0.4, -0.2) is 45.6 Å². The average Bonchev–Trinajstić information content (AvgIpc) is 3.02. The molecular weight excluding hydrogens is 332 g/mol. The number of nitrogens with zero attached hydrogens (tertiary/aromatic N) is 4. The largest absolute Gasteiger partial charge is 0.353 e. The molecule has 0 spiro atoms. The van der Waals surface area contributed by atoms with E-state index in [1.165, 1.54) is 0 Å². The van der Waals surface area contributed by atoms with Gasteiger partial charge < -0.3 is 14.8 Å². The Hall–Kier alpha value is -2.64. The zero-order valence-electron chi connectivity index (χ0n) is 15.5. The van der Waals surface area contributed by atoms with E-state index in [1.54, 1.807) is 17.2 Å². The maximum Gasteiger partial charge on any atom is 0.252 e. The highest BCUT2D eigenvalue weighted by Crippen LogP contribution is 2.35. The minimum absolute atomic E-state index is 0.0528. The first-order valence-corrected chi connectivity index (χ1v) is 9.04. The molecule has 1 aliphatic carbocycles. The van der Waals surface area contributed by atoms with Crippen LogP contribution in [0.2, 0.25) is 0 Å². The van der Waals surface area contributed by atoms with Gasteiger partial charge in [-0.3, -0.25) is 14.6 Å². The predicted molar refractivity (Wildman–Crippen MR) is 99.3 cm³/mol. The molecule has 2 heterocycles. The molecule has 2 aromatic heterocycles. The third kappa shape index (κ3) is 4.12. The van der Waals surface area contributed by atoms with Gasteiger partial charge in [-0.15, -0.1) is 0 Å². The molecule has 0 bridgehead atoms. The molecule has 2 aromatic rings. The number of aromatic nitrogens is 4. The molecule has 0 saturated heterocycles. The average molecular weight is 358 g/mol. The lowest BCUT2D eigenvalue weighted by Crippen LogP contribution is -2.44. The first-order chi connectivity index (χ1) is 12.5. The molecular formula is C18H26N6O2. The van der Waals surface area contributed by atoms with Gasteiger partial charge in [0.1, 0.15) is 5.82 Å². The Balaban J connectivity index is 1.48. The van der Waals surface area contributed by atoms with Gasteiger partial charge in [0, 0.05) is 63.9 Å². The zero-order chi connectivity index (χ0) is 18.7. The second-order valence-electron chi connectivity index (χ2n) is 6.96. The van der Waals surface area contributed by atoms with Gasteiger partial charge in [-0.2, -0.15) is 0 Å². The first-order valence-electron chi connectivity index (χ1n) is 9.04. The lowest BCUT2D eigenvalue weighted by atomic mass is 9.78. The van der Waals surface area contributed by atoms with Crippen molar-refractivity contribution in [2.75, 3.05) is 19.0 Å². The van der Waals surface area contributed by atoms with E-state index in [4.69, 9.17) is 0 Å². The Labute approximate surface area is 152 Å². The van der Waals surface area contributed by atoms with Crippen molar-refractivity contribution in [3.8, 4) is 0 Å². The van der Waals surface area contributed by atoms with Crippen LogP contribution in [0.1, 0.15) is 43.6 Å². The number of hydrogen-bond donors (Lipinski definition) is 2. The molecule has 2 N–H and O–H groups in total. The van der Waals surface area contributed by atoms with E-state index < -0.39 is 0 Å². The third-order valence-corrected chi connectivity index (χ3v) is 4.79. The number of nitrogens with one attached hydrogen (secondary N) is 2. The fourth-order valence-electron chi connectivity index (χ4n) is 3.24. The zero-order valence-corrected chi connectivity index (χ0v) is 15.5. The van der Waals surface area contributed by atoms with Crippen LogP contribution < -0.4 is 15.8 Å². The summed E-state index contributed by atoms with van der Waals surface area (Å²) in [5.74, 6) is 1.84. The summed E-state index contributed by atoms with van der Waals surface area (Å²) in [6.07, 6.45) is 6.62. The van der Waals surface area contributed by atoms with Crippen molar-refractivity contribution in [1.29, 1.82) is 0 Å². The lowest BCUT2D eigenvalue weighted by molar-refractivity contribution is -0.122. The predicted octanol–water partition coefficient (Wildman–Crippen LogP) is 1.05. The van der Waals surface area contributed by atoms with Crippen LogP contribution in [0.15, 0.2) is 23.3 Å². The minimum atomic E-state index is -0.141. The summed E-state index contributed by atoms with van der Waals surface area (Å²) in [5, 5.41) is 3.07. The number of rotatable bonds is 7. The molecule has 0 aliphatic heterocycles. The number of aryl methyl sites for hydroxylation is 2. The molecule has 1 fully saturated rings. The molecule has 0 atom stereocenters. The topological polar surface area (TPSA) is 95.9 Å². The van der Waals surface area contributed by atoms with E-state index in [0.717, 1.165) is 30.8 Å². The van der Waals surface area contributed by atoms with Crippen LogP contribution in [-0.2, 0) is 17.8 Å². The summed E-state index contributed by atoms with van der Waals surface area (Å²) in [6.45, 7) is 2.70. The Bertz CT molecular complexity index is 819. The Morgan fingerprint density at radius 3 is 2.88 bits per heavy atom. The van der Waals surface area contributed by atoms with Gasteiger partial charge in [-0.05, 0) is 12.8 Å². The SMILES string of the molecule is CCc1nccn1CCC(=O)NC1CC(c2cc(=O)[nH]c(N(C)C)n2)C1. The number of aromatic amines is 1. The quantitative estimate of drug-likeness (QED) is 0.771. The van der Waals surface area contributed by atoms with Crippen molar-refractivity contribution >= 4 is 11.9 Å². The number of hydrogen-bond acceptors (Lipinski definition) is 5. The Morgan fingerprint density at radius 1 is 1.42 bits per heavy atom. The van der Waals surface area contributed by atoms with Gasteiger partial charge in [0.2, 0.25) is 11.9 Å². The van der Waals surface area contributed by atoms with E-state index in [9.17, 15) is 9.59 Å². The first kappa shape index (κ1) is 18.2. The van der Waals surface area contributed by atoms with E-state index >= 15 is 0 Å². The number of carbonyl (C=O) groups excluding carboxylic acids is 1. The molecule has 0 unspecified atom stereocenters. The molecule has 140 valence electrons. The van der Waals surface area contributed by atoms with Crippen molar-refractivity contribution in [1.82, 2.24) is 24.8 Å². The fourth-order valence-corrected chi connectivity index (χ4v) is 3.24. The van der Waals surface area contributed by atoms with E-state index in [2.05, 4.69) is 27.2 Å². The van der Waals surface area contributed by atoms with Crippen LogP contribution in [0, 0.1) is 0 Å². The third-order valence-electron chi connectivity index (χ3n) is 4.79. The summed E-state index contributed by atoms with van der Waals surface area (Å²) in [4.78, 5) is 37.2. The standard InChI is InChI=1S/C18H26N6O2/c1-4-15-19-6-8-24(15)7-5-16(25)20-13-9-12(10-13)14-11-17(26)22-18(21-14)23(2)3/h6,8,11-13H,4-5,7,9-10H2,1-3H3,(H,20,25)(H,21,22,26). The molecule has 8 nitrogen and oxygen atoms in total. The molecule has 0 aromatic carbocycles. The molecule has 1 saturated carbocycles. The molecule has 8 heteroatoms. The van der Waals surface area contributed by atoms with E-state index in [0.29, 0.717) is 18.9 Å². The maximum atomic E-state index is 12.2. The number of imidazole rings is 1. The summed E-state index contributed by atoms with van der Waals surface area (Å²) in [5.41, 5.74) is 0.659. The lowest BCUT2D eigenvalue weighted by Gasteiger charge is -2.35. The van der Waals surface area contributed by atoms with Crippen LogP contribution in [0.4, 0.5) is 5.95 Å². The van der Waals surface area contributed by atoms with Gasteiger partial charge >= 0.3 is 0 Å². The Kier molecular flexibility index (Phi) is 5.39. The second-order valence-corrected chi connectivity index (χ2v) is 6.96. The highest BCUT2D eigenvalue weighted by Gasteiger charge is 2.32. The van der Waals surface area contributed by atoms with Gasteiger partial charge in [0.15, 0.2) is 0 Å². The molecule has 1 amide bonds. The van der Waals surface area contributed by atoms with Crippen molar-refractivity contribution in [3.63, 3.8) is 0 Å². The van der Waals surface area contributed by atoms with Gasteiger partial charge in [-0.1, -0.05) is 6.92 Å².